The third kappa shape index (κ3) is 10.1. The van der Waals surface area contributed by atoms with Crippen molar-refractivity contribution in [1.29, 1.82) is 0 Å². The van der Waals surface area contributed by atoms with E-state index in [0.717, 1.165) is 57.8 Å². The number of carbonyl (C=O) groups excluding carboxylic acids is 1. The average Bonchev–Trinajstić information content (AvgIpc) is 3.04. The van der Waals surface area contributed by atoms with Gasteiger partial charge in [-0.05, 0) is 50.9 Å². The monoisotopic (exact) mass is 396 g/mol. The highest BCUT2D eigenvalue weighted by Gasteiger charge is 2.29. The Morgan fingerprint density at radius 2 is 1.93 bits per heavy atom. The Kier molecular flexibility index (Phi) is 13.5. The second-order valence-electron chi connectivity index (χ2n) is 8.59. The van der Waals surface area contributed by atoms with Crippen molar-refractivity contribution in [2.45, 2.75) is 116 Å². The van der Waals surface area contributed by atoms with Crippen molar-refractivity contribution >= 4 is 5.97 Å². The molecule has 1 aliphatic carbocycles. The first-order valence-electron chi connectivity index (χ1n) is 11.7. The number of ether oxygens (including phenoxy) is 1. The van der Waals surface area contributed by atoms with E-state index in [1.807, 2.05) is 6.92 Å². The van der Waals surface area contributed by atoms with Crippen LogP contribution in [0, 0.1) is 11.8 Å². The van der Waals surface area contributed by atoms with E-state index in [4.69, 9.17) is 4.74 Å². The molecule has 0 amide bonds. The van der Waals surface area contributed by atoms with Crippen molar-refractivity contribution < 1.29 is 19.7 Å². The molecule has 164 valence electrons. The summed E-state index contributed by atoms with van der Waals surface area (Å²) in [6.07, 6.45) is 14.2. The van der Waals surface area contributed by atoms with Gasteiger partial charge in [-0.25, -0.2) is 0 Å². The summed E-state index contributed by atoms with van der Waals surface area (Å²) in [5.74, 6) is 0.517. The van der Waals surface area contributed by atoms with Crippen LogP contribution in [-0.4, -0.2) is 35.0 Å². The topological polar surface area (TPSA) is 66.8 Å². The molecule has 2 N–H and O–H groups in total. The standard InChI is InChI=1S/C24H44O4/c1-4-6-11-19(3)22(25)16-14-20-15-17-23(26)21(20)12-9-7-8-10-13-24(27)28-18-5-2/h14,19,21-23,25-26H,4-13,15-18H2,1-3H3/t19?,21-,22?,23+/m1/s1. The Balaban J connectivity index is 2.28. The fourth-order valence-corrected chi connectivity index (χ4v) is 4.08. The van der Waals surface area contributed by atoms with Crippen molar-refractivity contribution in [1.82, 2.24) is 0 Å². The summed E-state index contributed by atoms with van der Waals surface area (Å²) in [4.78, 5) is 11.5. The molecule has 2 unspecified atom stereocenters. The Labute approximate surface area is 172 Å². The number of aliphatic hydroxyl groups excluding tert-OH is 2. The van der Waals surface area contributed by atoms with E-state index in [2.05, 4.69) is 19.9 Å². The molecule has 28 heavy (non-hydrogen) atoms. The summed E-state index contributed by atoms with van der Waals surface area (Å²) in [6, 6.07) is 0. The van der Waals surface area contributed by atoms with Gasteiger partial charge in [-0.15, -0.1) is 0 Å². The van der Waals surface area contributed by atoms with Gasteiger partial charge in [0.2, 0.25) is 0 Å². The first-order valence-corrected chi connectivity index (χ1v) is 11.7. The predicted octanol–water partition coefficient (Wildman–Crippen LogP) is 5.55. The molecule has 4 atom stereocenters. The third-order valence-corrected chi connectivity index (χ3v) is 6.07. The number of carbonyl (C=O) groups is 1. The molecule has 0 spiro atoms. The lowest BCUT2D eigenvalue weighted by Gasteiger charge is -2.19. The summed E-state index contributed by atoms with van der Waals surface area (Å²) in [7, 11) is 0. The number of hydrogen-bond acceptors (Lipinski definition) is 4. The van der Waals surface area contributed by atoms with Crippen LogP contribution in [-0.2, 0) is 9.53 Å². The van der Waals surface area contributed by atoms with Crippen LogP contribution in [0.15, 0.2) is 11.6 Å². The van der Waals surface area contributed by atoms with Crippen molar-refractivity contribution in [3.63, 3.8) is 0 Å². The van der Waals surface area contributed by atoms with Crippen molar-refractivity contribution in [3.8, 4) is 0 Å². The molecule has 0 heterocycles. The first-order chi connectivity index (χ1) is 13.5. The lowest BCUT2D eigenvalue weighted by molar-refractivity contribution is -0.143. The summed E-state index contributed by atoms with van der Waals surface area (Å²) >= 11 is 0. The van der Waals surface area contributed by atoms with E-state index in [9.17, 15) is 15.0 Å². The highest BCUT2D eigenvalue weighted by atomic mass is 16.5. The van der Waals surface area contributed by atoms with E-state index >= 15 is 0 Å². The van der Waals surface area contributed by atoms with Gasteiger partial charge >= 0.3 is 5.97 Å². The Morgan fingerprint density at radius 1 is 1.18 bits per heavy atom. The van der Waals surface area contributed by atoms with E-state index in [0.29, 0.717) is 25.4 Å². The molecular formula is C24H44O4. The van der Waals surface area contributed by atoms with Crippen LogP contribution in [0.3, 0.4) is 0 Å². The molecule has 4 heteroatoms. The Morgan fingerprint density at radius 3 is 2.64 bits per heavy atom. The van der Waals surface area contributed by atoms with Gasteiger partial charge < -0.3 is 14.9 Å². The van der Waals surface area contributed by atoms with Crippen molar-refractivity contribution in [2.24, 2.45) is 11.8 Å². The Bertz CT molecular complexity index is 446. The van der Waals surface area contributed by atoms with Gasteiger partial charge in [0.1, 0.15) is 0 Å². The molecule has 0 aromatic carbocycles. The molecule has 0 aliphatic heterocycles. The lowest BCUT2D eigenvalue weighted by Crippen LogP contribution is -2.18. The summed E-state index contributed by atoms with van der Waals surface area (Å²) in [6.45, 7) is 6.85. The average molecular weight is 397 g/mol. The zero-order chi connectivity index (χ0) is 20.8. The number of unbranched alkanes of at least 4 members (excludes halogenated alkanes) is 4. The van der Waals surface area contributed by atoms with Crippen molar-refractivity contribution in [3.05, 3.63) is 11.6 Å². The second-order valence-corrected chi connectivity index (χ2v) is 8.59. The molecule has 0 saturated heterocycles. The van der Waals surface area contributed by atoms with Gasteiger partial charge in [-0.3, -0.25) is 4.79 Å². The molecule has 4 nitrogen and oxygen atoms in total. The van der Waals surface area contributed by atoms with E-state index < -0.39 is 0 Å². The van der Waals surface area contributed by atoms with E-state index in [1.54, 1.807) is 0 Å². The normalized spacial score (nSPS) is 23.1. The molecule has 0 bridgehead atoms. The molecular weight excluding hydrogens is 352 g/mol. The summed E-state index contributed by atoms with van der Waals surface area (Å²) in [5, 5.41) is 20.7. The smallest absolute Gasteiger partial charge is 0.305 e. The maximum atomic E-state index is 11.5. The molecule has 0 aromatic heterocycles. The number of rotatable bonds is 15. The molecule has 1 saturated carbocycles. The highest BCUT2D eigenvalue weighted by molar-refractivity contribution is 5.69. The van der Waals surface area contributed by atoms with Gasteiger partial charge in [0.25, 0.3) is 0 Å². The van der Waals surface area contributed by atoms with E-state index in [-0.39, 0.29) is 24.1 Å². The van der Waals surface area contributed by atoms with Gasteiger partial charge in [0, 0.05) is 12.3 Å². The van der Waals surface area contributed by atoms with Crippen LogP contribution in [0.5, 0.6) is 0 Å². The van der Waals surface area contributed by atoms with Crippen LogP contribution >= 0.6 is 0 Å². The van der Waals surface area contributed by atoms with Crippen LogP contribution in [0.2, 0.25) is 0 Å². The summed E-state index contributed by atoms with van der Waals surface area (Å²) in [5.41, 5.74) is 1.34. The molecule has 0 aromatic rings. The van der Waals surface area contributed by atoms with E-state index in [1.165, 1.54) is 18.4 Å². The van der Waals surface area contributed by atoms with Crippen LogP contribution < -0.4 is 0 Å². The third-order valence-electron chi connectivity index (χ3n) is 6.07. The largest absolute Gasteiger partial charge is 0.466 e. The molecule has 1 fully saturated rings. The van der Waals surface area contributed by atoms with Crippen LogP contribution in [0.4, 0.5) is 0 Å². The van der Waals surface area contributed by atoms with Gasteiger partial charge in [0.05, 0.1) is 18.8 Å². The minimum absolute atomic E-state index is 0.0787. The number of hydrogen-bond donors (Lipinski definition) is 2. The maximum Gasteiger partial charge on any atom is 0.305 e. The fourth-order valence-electron chi connectivity index (χ4n) is 4.08. The highest BCUT2D eigenvalue weighted by Crippen LogP contribution is 2.36. The molecule has 1 rings (SSSR count). The van der Waals surface area contributed by atoms with Gasteiger partial charge in [-0.1, -0.05) is 64.5 Å². The fraction of sp³-hybridized carbons (Fsp3) is 0.875. The minimum Gasteiger partial charge on any atom is -0.466 e. The quantitative estimate of drug-likeness (QED) is 0.216. The minimum atomic E-state index is -0.273. The van der Waals surface area contributed by atoms with Crippen molar-refractivity contribution in [2.75, 3.05) is 6.61 Å². The number of aliphatic hydroxyl groups is 2. The van der Waals surface area contributed by atoms with Crippen LogP contribution in [0.25, 0.3) is 0 Å². The zero-order valence-electron chi connectivity index (χ0n) is 18.5. The maximum absolute atomic E-state index is 11.5. The SMILES string of the molecule is CCCCC(C)C(O)CC=C1CC[C@H](O)[C@@H]1CCCCCCC(=O)OCCC. The Hall–Kier alpha value is -0.870. The lowest BCUT2D eigenvalue weighted by atomic mass is 9.91. The number of esters is 1. The second kappa shape index (κ2) is 15.0. The van der Waals surface area contributed by atoms with Crippen LogP contribution in [0.1, 0.15) is 104 Å². The zero-order valence-corrected chi connectivity index (χ0v) is 18.5. The van der Waals surface area contributed by atoms with Gasteiger partial charge in [-0.2, -0.15) is 0 Å². The molecule has 0 radical (unpaired) electrons. The van der Waals surface area contributed by atoms with Gasteiger partial charge in [0.15, 0.2) is 0 Å². The first kappa shape index (κ1) is 25.2. The summed E-state index contributed by atoms with van der Waals surface area (Å²) < 4.78 is 5.09. The predicted molar refractivity (Wildman–Crippen MR) is 115 cm³/mol. The molecule has 1 aliphatic rings.